The van der Waals surface area contributed by atoms with Gasteiger partial charge in [0.2, 0.25) is 5.82 Å². The topological polar surface area (TPSA) is 61.3 Å². The van der Waals surface area contributed by atoms with E-state index in [0.717, 1.165) is 6.07 Å². The number of halogens is 2. The van der Waals surface area contributed by atoms with Crippen molar-refractivity contribution in [2.45, 2.75) is 6.61 Å². The van der Waals surface area contributed by atoms with Crippen molar-refractivity contribution >= 4 is 5.69 Å². The molecule has 2 aromatic rings. The second-order valence-electron chi connectivity index (χ2n) is 3.06. The Kier molecular flexibility index (Phi) is 2.72. The minimum Gasteiger partial charge on any atom is -0.482 e. The SMILES string of the molecule is Nc1ccc(F)c(F)c1OCc1ccon1. The molecular formula is C10H8F2N2O2. The first-order valence-corrected chi connectivity index (χ1v) is 4.44. The minimum absolute atomic E-state index is 0.0300. The Morgan fingerprint density at radius 1 is 1.31 bits per heavy atom. The van der Waals surface area contributed by atoms with Crippen LogP contribution in [0.25, 0.3) is 0 Å². The van der Waals surface area contributed by atoms with Crippen LogP contribution in [-0.4, -0.2) is 5.16 Å². The number of aromatic nitrogens is 1. The Morgan fingerprint density at radius 3 is 2.81 bits per heavy atom. The van der Waals surface area contributed by atoms with Crippen molar-refractivity contribution in [3.05, 3.63) is 41.8 Å². The van der Waals surface area contributed by atoms with Crippen molar-refractivity contribution in [2.75, 3.05) is 5.73 Å². The Balaban J connectivity index is 2.18. The molecule has 0 atom stereocenters. The second kappa shape index (κ2) is 4.18. The first-order chi connectivity index (χ1) is 7.68. The van der Waals surface area contributed by atoms with Crippen LogP contribution >= 0.6 is 0 Å². The van der Waals surface area contributed by atoms with Crippen LogP contribution in [0.2, 0.25) is 0 Å². The van der Waals surface area contributed by atoms with Crippen molar-refractivity contribution < 1.29 is 18.0 Å². The third kappa shape index (κ3) is 1.95. The number of nitrogen functional groups attached to an aromatic ring is 1. The van der Waals surface area contributed by atoms with E-state index in [1.54, 1.807) is 6.07 Å². The molecule has 0 aliphatic carbocycles. The predicted molar refractivity (Wildman–Crippen MR) is 51.6 cm³/mol. The van der Waals surface area contributed by atoms with Gasteiger partial charge in [0.1, 0.15) is 18.6 Å². The van der Waals surface area contributed by atoms with E-state index >= 15 is 0 Å². The summed E-state index contributed by atoms with van der Waals surface area (Å²) in [6, 6.07) is 3.72. The average Bonchev–Trinajstić information content (AvgIpc) is 2.77. The molecule has 4 nitrogen and oxygen atoms in total. The van der Waals surface area contributed by atoms with Crippen LogP contribution in [0.5, 0.6) is 5.75 Å². The molecule has 0 amide bonds. The number of ether oxygens (including phenoxy) is 1. The largest absolute Gasteiger partial charge is 0.482 e. The van der Waals surface area contributed by atoms with E-state index in [-0.39, 0.29) is 18.0 Å². The van der Waals surface area contributed by atoms with Crippen LogP contribution in [0, 0.1) is 11.6 Å². The van der Waals surface area contributed by atoms with E-state index in [0.29, 0.717) is 5.69 Å². The molecule has 0 saturated heterocycles. The van der Waals surface area contributed by atoms with Gasteiger partial charge < -0.3 is 15.0 Å². The van der Waals surface area contributed by atoms with Crippen LogP contribution in [-0.2, 0) is 6.61 Å². The molecule has 0 aliphatic rings. The van der Waals surface area contributed by atoms with Crippen molar-refractivity contribution in [3.63, 3.8) is 0 Å². The van der Waals surface area contributed by atoms with Crippen molar-refractivity contribution in [3.8, 4) is 5.75 Å². The zero-order valence-corrected chi connectivity index (χ0v) is 8.11. The Morgan fingerprint density at radius 2 is 2.12 bits per heavy atom. The molecule has 0 aliphatic heterocycles. The summed E-state index contributed by atoms with van der Waals surface area (Å²) < 4.78 is 35.7. The molecule has 0 unspecified atom stereocenters. The lowest BCUT2D eigenvalue weighted by molar-refractivity contribution is 0.273. The summed E-state index contributed by atoms with van der Waals surface area (Å²) in [5.74, 6) is -2.43. The zero-order chi connectivity index (χ0) is 11.5. The lowest BCUT2D eigenvalue weighted by atomic mass is 10.3. The highest BCUT2D eigenvalue weighted by molar-refractivity contribution is 5.53. The molecule has 2 N–H and O–H groups in total. The van der Waals surface area contributed by atoms with E-state index in [1.807, 2.05) is 0 Å². The third-order valence-electron chi connectivity index (χ3n) is 1.94. The minimum atomic E-state index is -1.11. The molecule has 0 radical (unpaired) electrons. The van der Waals surface area contributed by atoms with Crippen LogP contribution < -0.4 is 10.5 Å². The molecule has 1 heterocycles. The molecular weight excluding hydrogens is 218 g/mol. The molecule has 0 bridgehead atoms. The summed E-state index contributed by atoms with van der Waals surface area (Å²) in [4.78, 5) is 0. The van der Waals surface area contributed by atoms with Crippen LogP contribution in [0.4, 0.5) is 14.5 Å². The van der Waals surface area contributed by atoms with Crippen LogP contribution in [0.1, 0.15) is 5.69 Å². The maximum atomic E-state index is 13.3. The van der Waals surface area contributed by atoms with Crippen LogP contribution in [0.3, 0.4) is 0 Å². The first kappa shape index (κ1) is 10.4. The standard InChI is InChI=1S/C10H8F2N2O2/c11-7-1-2-8(13)10(9(7)12)15-5-6-3-4-16-14-6/h1-4H,5,13H2. The summed E-state index contributed by atoms with van der Waals surface area (Å²) >= 11 is 0. The molecule has 1 aromatic heterocycles. The summed E-state index contributed by atoms with van der Waals surface area (Å²) in [5, 5.41) is 3.56. The smallest absolute Gasteiger partial charge is 0.202 e. The zero-order valence-electron chi connectivity index (χ0n) is 8.11. The van der Waals surface area contributed by atoms with E-state index < -0.39 is 11.6 Å². The van der Waals surface area contributed by atoms with E-state index in [4.69, 9.17) is 10.5 Å². The van der Waals surface area contributed by atoms with Gasteiger partial charge in [-0.15, -0.1) is 0 Å². The van der Waals surface area contributed by atoms with Gasteiger partial charge in [0, 0.05) is 6.07 Å². The maximum Gasteiger partial charge on any atom is 0.202 e. The first-order valence-electron chi connectivity index (χ1n) is 4.44. The van der Waals surface area contributed by atoms with Crippen molar-refractivity contribution in [1.29, 1.82) is 0 Å². The lowest BCUT2D eigenvalue weighted by Crippen LogP contribution is -2.02. The number of nitrogens with zero attached hydrogens (tertiary/aromatic N) is 1. The number of anilines is 1. The van der Waals surface area contributed by atoms with Gasteiger partial charge in [0.15, 0.2) is 11.6 Å². The van der Waals surface area contributed by atoms with E-state index in [1.165, 1.54) is 12.3 Å². The Hall–Kier alpha value is -2.11. The number of hydrogen-bond acceptors (Lipinski definition) is 4. The summed E-state index contributed by atoms with van der Waals surface area (Å²) in [6.07, 6.45) is 1.35. The molecule has 0 saturated carbocycles. The lowest BCUT2D eigenvalue weighted by Gasteiger charge is -2.08. The third-order valence-corrected chi connectivity index (χ3v) is 1.94. The van der Waals surface area contributed by atoms with Gasteiger partial charge in [-0.3, -0.25) is 0 Å². The van der Waals surface area contributed by atoms with Gasteiger partial charge in [-0.25, -0.2) is 4.39 Å². The highest BCUT2D eigenvalue weighted by Gasteiger charge is 2.13. The summed E-state index contributed by atoms with van der Waals surface area (Å²) in [5.41, 5.74) is 5.95. The van der Waals surface area contributed by atoms with Gasteiger partial charge in [0.05, 0.1) is 5.69 Å². The fraction of sp³-hybridized carbons (Fsp3) is 0.100. The van der Waals surface area contributed by atoms with Crippen molar-refractivity contribution in [1.82, 2.24) is 5.16 Å². The van der Waals surface area contributed by atoms with Gasteiger partial charge in [-0.2, -0.15) is 4.39 Å². The second-order valence-corrected chi connectivity index (χ2v) is 3.06. The quantitative estimate of drug-likeness (QED) is 0.814. The fourth-order valence-corrected chi connectivity index (χ4v) is 1.15. The molecule has 6 heteroatoms. The maximum absolute atomic E-state index is 13.3. The predicted octanol–water partition coefficient (Wildman–Crippen LogP) is 2.11. The Labute approximate surface area is 89.6 Å². The highest BCUT2D eigenvalue weighted by atomic mass is 19.2. The van der Waals surface area contributed by atoms with Gasteiger partial charge in [-0.1, -0.05) is 5.16 Å². The summed E-state index contributed by atoms with van der Waals surface area (Å²) in [6.45, 7) is -0.0406. The van der Waals surface area contributed by atoms with E-state index in [9.17, 15) is 8.78 Å². The van der Waals surface area contributed by atoms with Crippen molar-refractivity contribution in [2.24, 2.45) is 0 Å². The normalized spacial score (nSPS) is 10.4. The molecule has 84 valence electrons. The van der Waals surface area contributed by atoms with Gasteiger partial charge >= 0.3 is 0 Å². The molecule has 0 spiro atoms. The highest BCUT2D eigenvalue weighted by Crippen LogP contribution is 2.27. The fourth-order valence-electron chi connectivity index (χ4n) is 1.15. The van der Waals surface area contributed by atoms with Gasteiger partial charge in [0.25, 0.3) is 0 Å². The average molecular weight is 226 g/mol. The number of nitrogens with two attached hydrogens (primary N) is 1. The molecule has 0 fully saturated rings. The molecule has 1 aromatic carbocycles. The number of benzene rings is 1. The number of rotatable bonds is 3. The Bertz CT molecular complexity index is 486. The van der Waals surface area contributed by atoms with E-state index in [2.05, 4.69) is 9.68 Å². The monoisotopic (exact) mass is 226 g/mol. The molecule has 2 rings (SSSR count). The number of hydrogen-bond donors (Lipinski definition) is 1. The van der Waals surface area contributed by atoms with Crippen LogP contribution in [0.15, 0.2) is 29.0 Å². The molecule has 16 heavy (non-hydrogen) atoms. The summed E-state index contributed by atoms with van der Waals surface area (Å²) in [7, 11) is 0. The van der Waals surface area contributed by atoms with Gasteiger partial charge in [-0.05, 0) is 12.1 Å².